The zero-order valence-corrected chi connectivity index (χ0v) is 18.2. The second-order valence-corrected chi connectivity index (χ2v) is 7.29. The molecule has 0 fully saturated rings. The number of carbonyl (C=O) groups is 2. The topological polar surface area (TPSA) is 77.0 Å². The van der Waals surface area contributed by atoms with Crippen LogP contribution in [0.15, 0.2) is 84.0 Å². The lowest BCUT2D eigenvalue weighted by Crippen LogP contribution is -2.24. The maximum Gasteiger partial charge on any atom is 0.343 e. The van der Waals surface area contributed by atoms with Gasteiger partial charge in [-0.25, -0.2) is 10.2 Å². The first-order valence-electron chi connectivity index (χ1n) is 10.5. The average Bonchev–Trinajstić information content (AvgIpc) is 2.83. The summed E-state index contributed by atoms with van der Waals surface area (Å²) in [5.74, 6) is 0.686. The second-order valence-electron chi connectivity index (χ2n) is 7.29. The fourth-order valence-electron chi connectivity index (χ4n) is 2.89. The Balaban J connectivity index is 1.47. The highest BCUT2D eigenvalue weighted by atomic mass is 16.5. The van der Waals surface area contributed by atoms with Crippen molar-refractivity contribution in [3.63, 3.8) is 0 Å². The molecule has 1 N–H and O–H groups in total. The van der Waals surface area contributed by atoms with Gasteiger partial charge in [0.15, 0.2) is 6.61 Å². The molecule has 1 atom stereocenters. The van der Waals surface area contributed by atoms with E-state index in [1.54, 1.807) is 48.5 Å². The van der Waals surface area contributed by atoms with E-state index in [1.807, 2.05) is 30.3 Å². The van der Waals surface area contributed by atoms with E-state index in [4.69, 9.17) is 9.47 Å². The minimum atomic E-state index is -0.442. The third-order valence-corrected chi connectivity index (χ3v) is 4.91. The van der Waals surface area contributed by atoms with E-state index in [1.165, 1.54) is 11.8 Å². The lowest BCUT2D eigenvalue weighted by atomic mass is 9.99. The molecule has 0 bridgehead atoms. The van der Waals surface area contributed by atoms with Gasteiger partial charge in [-0.15, -0.1) is 0 Å². The van der Waals surface area contributed by atoms with Crippen LogP contribution >= 0.6 is 0 Å². The van der Waals surface area contributed by atoms with Gasteiger partial charge in [0.2, 0.25) is 0 Å². The second kappa shape index (κ2) is 11.5. The lowest BCUT2D eigenvalue weighted by Gasteiger charge is -2.10. The van der Waals surface area contributed by atoms with Crippen LogP contribution in [0.3, 0.4) is 0 Å². The number of nitrogens with one attached hydrogen (secondary N) is 1. The first kappa shape index (κ1) is 22.7. The maximum absolute atomic E-state index is 12.2. The Morgan fingerprint density at radius 3 is 2.44 bits per heavy atom. The summed E-state index contributed by atoms with van der Waals surface area (Å²) in [6, 6.07) is 23.3. The van der Waals surface area contributed by atoms with Crippen molar-refractivity contribution in [1.82, 2.24) is 5.43 Å². The fraction of sp³-hybridized carbons (Fsp3) is 0.192. The monoisotopic (exact) mass is 430 g/mol. The number of hydrogen-bond donors (Lipinski definition) is 1. The Morgan fingerprint density at radius 2 is 1.72 bits per heavy atom. The van der Waals surface area contributed by atoms with Crippen LogP contribution < -0.4 is 14.9 Å². The fourth-order valence-corrected chi connectivity index (χ4v) is 2.89. The number of hydrazone groups is 1. The first-order valence-corrected chi connectivity index (χ1v) is 10.5. The molecule has 0 heterocycles. The average molecular weight is 431 g/mol. The Labute approximate surface area is 187 Å². The van der Waals surface area contributed by atoms with Crippen molar-refractivity contribution in [2.24, 2.45) is 5.10 Å². The van der Waals surface area contributed by atoms with Gasteiger partial charge in [-0.3, -0.25) is 4.79 Å². The molecule has 0 aliphatic carbocycles. The molecule has 0 saturated heterocycles. The van der Waals surface area contributed by atoms with Crippen molar-refractivity contribution in [2.75, 3.05) is 6.61 Å². The molecule has 3 aromatic rings. The van der Waals surface area contributed by atoms with Gasteiger partial charge in [0.1, 0.15) is 11.5 Å². The number of carbonyl (C=O) groups excluding carboxylic acids is 2. The summed E-state index contributed by atoms with van der Waals surface area (Å²) in [4.78, 5) is 24.1. The van der Waals surface area contributed by atoms with Crippen LogP contribution in [0, 0.1) is 0 Å². The van der Waals surface area contributed by atoms with Gasteiger partial charge >= 0.3 is 5.97 Å². The Hall–Kier alpha value is -3.93. The minimum Gasteiger partial charge on any atom is -0.484 e. The van der Waals surface area contributed by atoms with E-state index >= 15 is 0 Å². The third-order valence-electron chi connectivity index (χ3n) is 4.91. The summed E-state index contributed by atoms with van der Waals surface area (Å²) in [5, 5.41) is 3.94. The molecule has 0 aliphatic rings. The van der Waals surface area contributed by atoms with E-state index < -0.39 is 5.97 Å². The van der Waals surface area contributed by atoms with Gasteiger partial charge < -0.3 is 9.47 Å². The van der Waals surface area contributed by atoms with Gasteiger partial charge in [0, 0.05) is 0 Å². The molecule has 0 aliphatic heterocycles. The van der Waals surface area contributed by atoms with Crippen LogP contribution in [0.1, 0.15) is 47.7 Å². The minimum absolute atomic E-state index is 0.144. The van der Waals surface area contributed by atoms with Crippen LogP contribution in [0.2, 0.25) is 0 Å². The number of benzene rings is 3. The van der Waals surface area contributed by atoms with Crippen LogP contribution in [-0.4, -0.2) is 24.7 Å². The molecule has 32 heavy (non-hydrogen) atoms. The van der Waals surface area contributed by atoms with Crippen LogP contribution in [0.5, 0.6) is 11.5 Å². The Bertz CT molecular complexity index is 1060. The Kier molecular flexibility index (Phi) is 8.15. The van der Waals surface area contributed by atoms with Crippen molar-refractivity contribution < 1.29 is 19.1 Å². The molecular formula is C26H26N2O4. The van der Waals surface area contributed by atoms with Gasteiger partial charge in [0.05, 0.1) is 11.8 Å². The predicted octanol–water partition coefficient (Wildman–Crippen LogP) is 4.95. The summed E-state index contributed by atoms with van der Waals surface area (Å²) < 4.78 is 10.9. The first-order chi connectivity index (χ1) is 15.5. The van der Waals surface area contributed by atoms with E-state index in [2.05, 4.69) is 24.4 Å². The summed E-state index contributed by atoms with van der Waals surface area (Å²) >= 11 is 0. The van der Waals surface area contributed by atoms with Crippen molar-refractivity contribution in [3.8, 4) is 11.5 Å². The van der Waals surface area contributed by atoms with E-state index in [0.29, 0.717) is 28.5 Å². The zero-order chi connectivity index (χ0) is 22.8. The molecule has 0 unspecified atom stereocenters. The van der Waals surface area contributed by atoms with E-state index in [9.17, 15) is 9.59 Å². The quantitative estimate of drug-likeness (QED) is 0.226. The summed E-state index contributed by atoms with van der Waals surface area (Å²) in [5.41, 5.74) is 4.80. The van der Waals surface area contributed by atoms with E-state index in [-0.39, 0.29) is 12.5 Å². The van der Waals surface area contributed by atoms with E-state index in [0.717, 1.165) is 6.42 Å². The highest BCUT2D eigenvalue weighted by Gasteiger charge is 2.08. The molecule has 3 aromatic carbocycles. The smallest absolute Gasteiger partial charge is 0.343 e. The lowest BCUT2D eigenvalue weighted by molar-refractivity contribution is -0.123. The van der Waals surface area contributed by atoms with Crippen LogP contribution in [0.4, 0.5) is 0 Å². The van der Waals surface area contributed by atoms with Crippen LogP contribution in [0.25, 0.3) is 0 Å². The molecule has 3 rings (SSSR count). The summed E-state index contributed by atoms with van der Waals surface area (Å²) in [6.45, 7) is 4.17. The molecule has 6 heteroatoms. The third kappa shape index (κ3) is 6.80. The molecule has 0 spiro atoms. The molecule has 164 valence electrons. The molecule has 1 amide bonds. The Morgan fingerprint density at radius 1 is 0.969 bits per heavy atom. The SMILES string of the molecule is CC[C@@H](C)c1ccc(OCC(=O)N/N=C\c2cccc(OC(=O)c3ccccc3)c2)cc1. The van der Waals surface area contributed by atoms with Crippen molar-refractivity contribution >= 4 is 18.1 Å². The molecule has 0 aromatic heterocycles. The van der Waals surface area contributed by atoms with Gasteiger partial charge in [-0.05, 0) is 59.9 Å². The number of hydrogen-bond acceptors (Lipinski definition) is 5. The predicted molar refractivity (Wildman–Crippen MR) is 124 cm³/mol. The highest BCUT2D eigenvalue weighted by molar-refractivity contribution is 5.91. The number of ether oxygens (including phenoxy) is 2. The maximum atomic E-state index is 12.2. The number of esters is 1. The van der Waals surface area contributed by atoms with Crippen molar-refractivity contribution in [1.29, 1.82) is 0 Å². The molecule has 0 radical (unpaired) electrons. The number of amides is 1. The summed E-state index contributed by atoms with van der Waals surface area (Å²) in [7, 11) is 0. The number of rotatable bonds is 9. The van der Waals surface area contributed by atoms with Gasteiger partial charge in [0.25, 0.3) is 5.91 Å². The largest absolute Gasteiger partial charge is 0.484 e. The molecule has 6 nitrogen and oxygen atoms in total. The molecular weight excluding hydrogens is 404 g/mol. The van der Waals surface area contributed by atoms with Crippen molar-refractivity contribution in [3.05, 3.63) is 95.6 Å². The zero-order valence-electron chi connectivity index (χ0n) is 18.2. The number of nitrogens with zero attached hydrogens (tertiary/aromatic N) is 1. The highest BCUT2D eigenvalue weighted by Crippen LogP contribution is 2.21. The standard InChI is InChI=1S/C26H26N2O4/c1-3-19(2)21-12-14-23(15-13-21)31-18-25(29)28-27-17-20-8-7-11-24(16-20)32-26(30)22-9-5-4-6-10-22/h4-17,19H,3,18H2,1-2H3,(H,28,29)/b27-17-/t19-/m1/s1. The summed E-state index contributed by atoms with van der Waals surface area (Å²) in [6.07, 6.45) is 2.54. The van der Waals surface area contributed by atoms with Gasteiger partial charge in [-0.2, -0.15) is 5.10 Å². The van der Waals surface area contributed by atoms with Gasteiger partial charge in [-0.1, -0.05) is 56.3 Å². The van der Waals surface area contributed by atoms with Crippen LogP contribution in [-0.2, 0) is 4.79 Å². The normalized spacial score (nSPS) is 11.7. The molecule has 0 saturated carbocycles. The van der Waals surface area contributed by atoms with Crippen molar-refractivity contribution in [2.45, 2.75) is 26.2 Å².